The summed E-state index contributed by atoms with van der Waals surface area (Å²) in [6.45, 7) is 0. The van der Waals surface area contributed by atoms with E-state index in [1.807, 2.05) is 0 Å². The van der Waals surface area contributed by atoms with Crippen LogP contribution in [0.15, 0.2) is 27.8 Å². The fraction of sp³-hybridized carbons (Fsp3) is 0.0909. The summed E-state index contributed by atoms with van der Waals surface area (Å²) in [6.07, 6.45) is 0. The molecule has 4 nitrogen and oxygen atoms in total. The number of rotatable bonds is 3. The van der Waals surface area contributed by atoms with Gasteiger partial charge >= 0.3 is 5.97 Å². The molecule has 2 N–H and O–H groups in total. The van der Waals surface area contributed by atoms with E-state index in [9.17, 15) is 9.90 Å². The van der Waals surface area contributed by atoms with E-state index in [-0.39, 0.29) is 15.1 Å². The molecule has 0 amide bonds. The zero-order valence-electron chi connectivity index (χ0n) is 8.83. The summed E-state index contributed by atoms with van der Waals surface area (Å²) < 4.78 is 4.53. The smallest absolute Gasteiger partial charge is 0.357 e. The standard InChI is InChI=1S/C11H9ClINO3/c1-17-11(16)9(14)8(13)10(15)6-2-4-7(12)5-3-6/h2-5,14-15H,1H3/b10-8+,14-9?. The van der Waals surface area contributed by atoms with Gasteiger partial charge in [-0.3, -0.25) is 5.41 Å². The molecule has 1 rings (SSSR count). The van der Waals surface area contributed by atoms with Crippen molar-refractivity contribution in [3.05, 3.63) is 38.4 Å². The van der Waals surface area contributed by atoms with E-state index in [0.29, 0.717) is 10.6 Å². The first-order valence-electron chi connectivity index (χ1n) is 4.49. The number of methoxy groups -OCH3 is 1. The van der Waals surface area contributed by atoms with Crippen molar-refractivity contribution in [2.45, 2.75) is 0 Å². The highest BCUT2D eigenvalue weighted by atomic mass is 127. The molecule has 90 valence electrons. The highest BCUT2D eigenvalue weighted by Crippen LogP contribution is 2.23. The van der Waals surface area contributed by atoms with Crippen molar-refractivity contribution in [3.63, 3.8) is 0 Å². The highest BCUT2D eigenvalue weighted by Gasteiger charge is 2.17. The molecule has 17 heavy (non-hydrogen) atoms. The van der Waals surface area contributed by atoms with Gasteiger partial charge < -0.3 is 9.84 Å². The Bertz CT molecular complexity index is 482. The third-order valence-corrected chi connectivity index (χ3v) is 3.24. The van der Waals surface area contributed by atoms with Gasteiger partial charge in [0, 0.05) is 10.6 Å². The third-order valence-electron chi connectivity index (χ3n) is 1.93. The van der Waals surface area contributed by atoms with E-state index in [1.54, 1.807) is 46.9 Å². The fourth-order valence-corrected chi connectivity index (χ4v) is 1.70. The number of nitrogens with one attached hydrogen (secondary N) is 1. The molecule has 0 unspecified atom stereocenters. The van der Waals surface area contributed by atoms with Crippen molar-refractivity contribution in [2.24, 2.45) is 0 Å². The molecule has 0 heterocycles. The predicted octanol–water partition coefficient (Wildman–Crippen LogP) is 3.19. The predicted molar refractivity (Wildman–Crippen MR) is 74.8 cm³/mol. The van der Waals surface area contributed by atoms with Crippen molar-refractivity contribution in [2.75, 3.05) is 7.11 Å². The number of carbonyl (C=O) groups excluding carboxylic acids is 1. The minimum atomic E-state index is -0.796. The van der Waals surface area contributed by atoms with Crippen molar-refractivity contribution in [3.8, 4) is 0 Å². The van der Waals surface area contributed by atoms with Gasteiger partial charge in [-0.1, -0.05) is 11.6 Å². The molecule has 6 heteroatoms. The summed E-state index contributed by atoms with van der Waals surface area (Å²) in [7, 11) is 1.18. The second-order valence-corrected chi connectivity index (χ2v) is 4.55. The van der Waals surface area contributed by atoms with Crippen LogP contribution in [0, 0.1) is 5.41 Å². The maximum absolute atomic E-state index is 11.1. The first-order chi connectivity index (χ1) is 7.97. The van der Waals surface area contributed by atoms with E-state index in [2.05, 4.69) is 4.74 Å². The molecular weight excluding hydrogens is 356 g/mol. The largest absolute Gasteiger partial charge is 0.506 e. The average Bonchev–Trinajstić information content (AvgIpc) is 2.36. The Morgan fingerprint density at radius 1 is 1.41 bits per heavy atom. The molecule has 1 aromatic rings. The van der Waals surface area contributed by atoms with Gasteiger partial charge in [0.1, 0.15) is 5.76 Å². The SMILES string of the molecule is COC(=O)C(=N)/C(I)=C(\O)c1ccc(Cl)cc1. The maximum Gasteiger partial charge on any atom is 0.357 e. The van der Waals surface area contributed by atoms with E-state index in [1.165, 1.54) is 7.11 Å². The van der Waals surface area contributed by atoms with E-state index in [4.69, 9.17) is 17.0 Å². The molecule has 0 fully saturated rings. The number of aliphatic hydroxyl groups is 1. The minimum Gasteiger partial charge on any atom is -0.506 e. The molecule has 0 aliphatic heterocycles. The number of halogens is 2. The highest BCUT2D eigenvalue weighted by molar-refractivity contribution is 14.1. The van der Waals surface area contributed by atoms with Crippen LogP contribution in [-0.4, -0.2) is 23.9 Å². The maximum atomic E-state index is 11.1. The Morgan fingerprint density at radius 2 is 1.94 bits per heavy atom. The van der Waals surface area contributed by atoms with Crippen LogP contribution in [0.25, 0.3) is 5.76 Å². The summed E-state index contributed by atoms with van der Waals surface area (Å²) >= 11 is 7.43. The molecule has 0 radical (unpaired) electrons. The molecule has 0 atom stereocenters. The Kier molecular flexibility index (Phi) is 4.95. The Morgan fingerprint density at radius 3 is 2.41 bits per heavy atom. The lowest BCUT2D eigenvalue weighted by molar-refractivity contribution is -0.132. The Balaban J connectivity index is 3.08. The number of esters is 1. The molecule has 0 saturated heterocycles. The fourth-order valence-electron chi connectivity index (χ4n) is 1.04. The summed E-state index contributed by atoms with van der Waals surface area (Å²) in [6, 6.07) is 6.42. The molecule has 0 saturated carbocycles. The quantitative estimate of drug-likeness (QED) is 0.374. The number of carbonyl (C=O) groups is 1. The van der Waals surface area contributed by atoms with Gasteiger partial charge in [-0.2, -0.15) is 0 Å². The first-order valence-corrected chi connectivity index (χ1v) is 5.95. The molecule has 0 spiro atoms. The van der Waals surface area contributed by atoms with Gasteiger partial charge in [0.2, 0.25) is 0 Å². The number of benzene rings is 1. The van der Waals surface area contributed by atoms with E-state index < -0.39 is 5.97 Å². The van der Waals surface area contributed by atoms with Crippen molar-refractivity contribution in [1.29, 1.82) is 5.41 Å². The molecule has 0 aliphatic carbocycles. The summed E-state index contributed by atoms with van der Waals surface area (Å²) in [5, 5.41) is 17.9. The first kappa shape index (κ1) is 14.0. The molecule has 0 aliphatic rings. The van der Waals surface area contributed by atoms with Gasteiger partial charge in [-0.25, -0.2) is 4.79 Å². The summed E-state index contributed by atoms with van der Waals surface area (Å²) in [5.41, 5.74) is 0.0907. The number of ether oxygens (including phenoxy) is 1. The zero-order chi connectivity index (χ0) is 13.0. The molecule has 0 bridgehead atoms. The van der Waals surface area contributed by atoms with Gasteiger partial charge in [0.05, 0.1) is 10.7 Å². The number of aliphatic hydroxyl groups excluding tert-OH is 1. The summed E-state index contributed by atoms with van der Waals surface area (Å²) in [4.78, 5) is 11.1. The van der Waals surface area contributed by atoms with Gasteiger partial charge in [0.15, 0.2) is 5.71 Å². The second kappa shape index (κ2) is 6.02. The van der Waals surface area contributed by atoms with E-state index >= 15 is 0 Å². The Hall–Kier alpha value is -1.08. The van der Waals surface area contributed by atoms with Crippen LogP contribution in [0.4, 0.5) is 0 Å². The van der Waals surface area contributed by atoms with Crippen LogP contribution in [0.1, 0.15) is 5.56 Å². The lowest BCUT2D eigenvalue weighted by atomic mass is 10.1. The van der Waals surface area contributed by atoms with Gasteiger partial charge in [0.25, 0.3) is 0 Å². The second-order valence-electron chi connectivity index (χ2n) is 3.04. The lowest BCUT2D eigenvalue weighted by Gasteiger charge is -2.05. The van der Waals surface area contributed by atoms with Crippen molar-refractivity contribution < 1.29 is 14.6 Å². The third kappa shape index (κ3) is 3.44. The van der Waals surface area contributed by atoms with Crippen LogP contribution in [0.2, 0.25) is 5.02 Å². The normalized spacial score (nSPS) is 11.7. The van der Waals surface area contributed by atoms with Crippen LogP contribution >= 0.6 is 34.2 Å². The topological polar surface area (TPSA) is 70.4 Å². The Labute approximate surface area is 117 Å². The van der Waals surface area contributed by atoms with Crippen LogP contribution in [0.5, 0.6) is 0 Å². The number of hydrogen-bond donors (Lipinski definition) is 2. The van der Waals surface area contributed by atoms with Gasteiger partial charge in [-0.15, -0.1) is 0 Å². The summed E-state index contributed by atoms with van der Waals surface area (Å²) in [5.74, 6) is -0.951. The van der Waals surface area contributed by atoms with Crippen LogP contribution in [-0.2, 0) is 9.53 Å². The van der Waals surface area contributed by atoms with Crippen molar-refractivity contribution in [1.82, 2.24) is 0 Å². The van der Waals surface area contributed by atoms with Crippen molar-refractivity contribution >= 4 is 51.6 Å². The lowest BCUT2D eigenvalue weighted by Crippen LogP contribution is -2.15. The van der Waals surface area contributed by atoms with Crippen LogP contribution < -0.4 is 0 Å². The molecule has 0 aromatic heterocycles. The number of hydrogen-bond acceptors (Lipinski definition) is 4. The van der Waals surface area contributed by atoms with Gasteiger partial charge in [-0.05, 0) is 46.9 Å². The zero-order valence-corrected chi connectivity index (χ0v) is 11.7. The minimum absolute atomic E-state index is 0.122. The van der Waals surface area contributed by atoms with E-state index in [0.717, 1.165) is 0 Å². The molecular formula is C11H9ClINO3. The monoisotopic (exact) mass is 365 g/mol. The average molecular weight is 366 g/mol. The molecule has 1 aromatic carbocycles. The van der Waals surface area contributed by atoms with Crippen LogP contribution in [0.3, 0.4) is 0 Å².